The molecule has 0 amide bonds. The molecule has 2 N–H and O–H groups in total. The number of oxazole rings is 1. The van der Waals surface area contributed by atoms with Gasteiger partial charge in [0.1, 0.15) is 12.1 Å². The molecule has 1 aromatic carbocycles. The molecular formula is C19H22FIN4OS. The molecule has 2 heterocycles. The summed E-state index contributed by atoms with van der Waals surface area (Å²) in [7, 11) is 0. The quantitative estimate of drug-likeness (QED) is 0.286. The molecule has 27 heavy (non-hydrogen) atoms. The van der Waals surface area contributed by atoms with Crippen molar-refractivity contribution in [1.82, 2.24) is 15.6 Å². The van der Waals surface area contributed by atoms with Gasteiger partial charge in [-0.2, -0.15) is 11.3 Å². The van der Waals surface area contributed by atoms with Gasteiger partial charge in [-0.3, -0.25) is 0 Å². The van der Waals surface area contributed by atoms with E-state index >= 15 is 0 Å². The molecule has 0 unspecified atom stereocenters. The summed E-state index contributed by atoms with van der Waals surface area (Å²) in [5.74, 6) is 1.00. The van der Waals surface area contributed by atoms with Crippen molar-refractivity contribution < 1.29 is 8.81 Å². The third-order valence-electron chi connectivity index (χ3n) is 3.66. The van der Waals surface area contributed by atoms with Crippen molar-refractivity contribution in [3.8, 4) is 11.5 Å². The van der Waals surface area contributed by atoms with E-state index in [0.29, 0.717) is 25.4 Å². The molecule has 3 aromatic rings. The minimum Gasteiger partial charge on any atom is -0.444 e. The molecule has 0 fully saturated rings. The number of benzene rings is 1. The Labute approximate surface area is 179 Å². The van der Waals surface area contributed by atoms with Gasteiger partial charge in [-0.25, -0.2) is 14.4 Å². The molecule has 0 bridgehead atoms. The van der Waals surface area contributed by atoms with Crippen LogP contribution in [0.15, 0.2) is 56.8 Å². The topological polar surface area (TPSA) is 62.5 Å². The third-order valence-corrected chi connectivity index (χ3v) is 4.39. The summed E-state index contributed by atoms with van der Waals surface area (Å²) in [5, 5.41) is 10.7. The summed E-state index contributed by atoms with van der Waals surface area (Å²) < 4.78 is 18.5. The van der Waals surface area contributed by atoms with Gasteiger partial charge in [0.15, 0.2) is 5.96 Å². The van der Waals surface area contributed by atoms with Gasteiger partial charge in [0, 0.05) is 25.1 Å². The first kappa shape index (κ1) is 21.4. The maximum Gasteiger partial charge on any atom is 0.226 e. The Morgan fingerprint density at radius 1 is 1.22 bits per heavy atom. The van der Waals surface area contributed by atoms with Crippen LogP contribution >= 0.6 is 35.3 Å². The van der Waals surface area contributed by atoms with Crippen LogP contribution in [0, 0.1) is 5.82 Å². The zero-order valence-electron chi connectivity index (χ0n) is 14.9. The van der Waals surface area contributed by atoms with Gasteiger partial charge in [0.25, 0.3) is 0 Å². The lowest BCUT2D eigenvalue weighted by molar-refractivity contribution is 0.571. The summed E-state index contributed by atoms with van der Waals surface area (Å²) in [6.07, 6.45) is 2.34. The predicted octanol–water partition coefficient (Wildman–Crippen LogP) is 4.46. The zero-order chi connectivity index (χ0) is 18.2. The van der Waals surface area contributed by atoms with Crippen LogP contribution in [0.3, 0.4) is 0 Å². The van der Waals surface area contributed by atoms with Gasteiger partial charge in [-0.1, -0.05) is 0 Å². The lowest BCUT2D eigenvalue weighted by atomic mass is 10.2. The van der Waals surface area contributed by atoms with E-state index < -0.39 is 0 Å². The van der Waals surface area contributed by atoms with Crippen molar-refractivity contribution in [2.75, 3.05) is 13.1 Å². The molecule has 0 aliphatic carbocycles. The highest BCUT2D eigenvalue weighted by Gasteiger charge is 2.07. The van der Waals surface area contributed by atoms with Gasteiger partial charge < -0.3 is 15.1 Å². The fraction of sp³-hybridized carbons (Fsp3) is 0.263. The molecule has 0 atom stereocenters. The lowest BCUT2D eigenvalue weighted by Crippen LogP contribution is -2.38. The fourth-order valence-corrected chi connectivity index (χ4v) is 3.01. The molecule has 3 rings (SSSR count). The minimum absolute atomic E-state index is 0. The number of guanidine groups is 1. The highest BCUT2D eigenvalue weighted by Crippen LogP contribution is 2.18. The molecule has 5 nitrogen and oxygen atoms in total. The maximum absolute atomic E-state index is 13.0. The number of aliphatic imine (C=N–C) groups is 1. The van der Waals surface area contributed by atoms with Gasteiger partial charge in [-0.05, 0) is 53.6 Å². The summed E-state index contributed by atoms with van der Waals surface area (Å²) in [5.41, 5.74) is 2.80. The molecule has 0 radical (unpaired) electrons. The number of thiophene rings is 1. The van der Waals surface area contributed by atoms with Gasteiger partial charge in [0.05, 0.1) is 12.2 Å². The average molecular weight is 500 g/mol. The van der Waals surface area contributed by atoms with Crippen LogP contribution in [0.25, 0.3) is 11.5 Å². The van der Waals surface area contributed by atoms with Crippen LogP contribution in [0.2, 0.25) is 0 Å². The second-order valence-corrected chi connectivity index (χ2v) is 6.43. The van der Waals surface area contributed by atoms with E-state index in [9.17, 15) is 4.39 Å². The minimum atomic E-state index is -0.276. The SMILES string of the molecule is CCNC(=NCc1ccsc1)NCCc1coc(-c2ccc(F)cc2)n1.I. The van der Waals surface area contributed by atoms with Crippen LogP contribution in [0.5, 0.6) is 0 Å². The normalized spacial score (nSPS) is 11.1. The van der Waals surface area contributed by atoms with Crippen molar-refractivity contribution in [2.45, 2.75) is 19.9 Å². The number of hydrogen-bond donors (Lipinski definition) is 2. The third kappa shape index (κ3) is 6.62. The number of hydrogen-bond acceptors (Lipinski definition) is 4. The van der Waals surface area contributed by atoms with Gasteiger partial charge in [-0.15, -0.1) is 24.0 Å². The van der Waals surface area contributed by atoms with Crippen LogP contribution in [0.1, 0.15) is 18.2 Å². The van der Waals surface area contributed by atoms with Crippen molar-refractivity contribution in [1.29, 1.82) is 0 Å². The molecule has 0 saturated heterocycles. The number of aromatic nitrogens is 1. The Bertz CT molecular complexity index is 834. The van der Waals surface area contributed by atoms with Crippen molar-refractivity contribution in [3.05, 3.63) is 64.4 Å². The van der Waals surface area contributed by atoms with Crippen LogP contribution < -0.4 is 10.6 Å². The summed E-state index contributed by atoms with van der Waals surface area (Å²) in [4.78, 5) is 9.02. The van der Waals surface area contributed by atoms with Crippen molar-refractivity contribution in [3.63, 3.8) is 0 Å². The second-order valence-electron chi connectivity index (χ2n) is 5.65. The molecule has 144 valence electrons. The predicted molar refractivity (Wildman–Crippen MR) is 118 cm³/mol. The van der Waals surface area contributed by atoms with E-state index in [1.165, 1.54) is 17.7 Å². The number of nitrogens with zero attached hydrogens (tertiary/aromatic N) is 2. The Morgan fingerprint density at radius 3 is 2.74 bits per heavy atom. The first-order chi connectivity index (χ1) is 12.7. The second kappa shape index (κ2) is 11.0. The van der Waals surface area contributed by atoms with E-state index in [2.05, 4.69) is 37.4 Å². The van der Waals surface area contributed by atoms with E-state index in [4.69, 9.17) is 4.42 Å². The molecule has 0 spiro atoms. The fourth-order valence-electron chi connectivity index (χ4n) is 2.35. The van der Waals surface area contributed by atoms with E-state index in [0.717, 1.165) is 23.8 Å². The van der Waals surface area contributed by atoms with E-state index in [-0.39, 0.29) is 29.8 Å². The molecule has 8 heteroatoms. The highest BCUT2D eigenvalue weighted by molar-refractivity contribution is 14.0. The van der Waals surface area contributed by atoms with Gasteiger partial charge >= 0.3 is 0 Å². The van der Waals surface area contributed by atoms with Crippen molar-refractivity contribution >= 4 is 41.3 Å². The molecule has 0 saturated carbocycles. The zero-order valence-corrected chi connectivity index (χ0v) is 18.1. The lowest BCUT2D eigenvalue weighted by Gasteiger charge is -2.10. The first-order valence-electron chi connectivity index (χ1n) is 8.48. The monoisotopic (exact) mass is 500 g/mol. The Morgan fingerprint density at radius 2 is 2.04 bits per heavy atom. The molecule has 2 aromatic heterocycles. The number of rotatable bonds is 7. The Balaban J connectivity index is 0.00000261. The Hall–Kier alpha value is -1.94. The van der Waals surface area contributed by atoms with Crippen molar-refractivity contribution in [2.24, 2.45) is 4.99 Å². The standard InChI is InChI=1S/C19H21FN4OS.HI/c1-2-21-19(23-11-14-8-10-26-13-14)22-9-7-17-12-25-18(24-17)15-3-5-16(20)6-4-15;/h3-6,8,10,12-13H,2,7,9,11H2,1H3,(H2,21,22,23);1H. The maximum atomic E-state index is 13.0. The molecule has 0 aliphatic rings. The summed E-state index contributed by atoms with van der Waals surface area (Å²) in [6, 6.07) is 8.18. The van der Waals surface area contributed by atoms with Crippen LogP contribution in [-0.2, 0) is 13.0 Å². The van der Waals surface area contributed by atoms with E-state index in [1.807, 2.05) is 6.92 Å². The number of nitrogens with one attached hydrogen (secondary N) is 2. The Kier molecular flexibility index (Phi) is 8.73. The summed E-state index contributed by atoms with van der Waals surface area (Å²) >= 11 is 1.67. The first-order valence-corrected chi connectivity index (χ1v) is 9.42. The van der Waals surface area contributed by atoms with E-state index in [1.54, 1.807) is 29.7 Å². The largest absolute Gasteiger partial charge is 0.444 e. The van der Waals surface area contributed by atoms with Crippen LogP contribution in [-0.4, -0.2) is 24.0 Å². The summed E-state index contributed by atoms with van der Waals surface area (Å²) in [6.45, 7) is 4.17. The highest BCUT2D eigenvalue weighted by atomic mass is 127. The number of halogens is 2. The van der Waals surface area contributed by atoms with Crippen LogP contribution in [0.4, 0.5) is 4.39 Å². The molecular weight excluding hydrogens is 478 g/mol. The average Bonchev–Trinajstić information content (AvgIpc) is 3.32. The van der Waals surface area contributed by atoms with Gasteiger partial charge in [0.2, 0.25) is 5.89 Å². The smallest absolute Gasteiger partial charge is 0.226 e. The molecule has 0 aliphatic heterocycles.